The van der Waals surface area contributed by atoms with Crippen LogP contribution in [0.25, 0.3) is 0 Å². The van der Waals surface area contributed by atoms with Crippen LogP contribution in [0.15, 0.2) is 24.3 Å². The molecular weight excluding hydrogens is 262 g/mol. The molecule has 0 radical (unpaired) electrons. The van der Waals surface area contributed by atoms with Crippen LogP contribution in [-0.4, -0.2) is 48.0 Å². The minimum Gasteiger partial charge on any atom is -0.390 e. The van der Waals surface area contributed by atoms with Crippen molar-refractivity contribution in [3.05, 3.63) is 34.9 Å². The third kappa shape index (κ3) is 4.18. The molecule has 106 valence electrons. The van der Waals surface area contributed by atoms with Gasteiger partial charge in [-0.15, -0.1) is 0 Å². The summed E-state index contributed by atoms with van der Waals surface area (Å²) in [4.78, 5) is 2.35. The average Bonchev–Trinajstić information content (AvgIpc) is 2.41. The zero-order chi connectivity index (χ0) is 13.8. The number of hydrogen-bond acceptors (Lipinski definition) is 3. The fourth-order valence-electron chi connectivity index (χ4n) is 2.39. The van der Waals surface area contributed by atoms with E-state index in [0.717, 1.165) is 23.7 Å². The van der Waals surface area contributed by atoms with Gasteiger partial charge in [-0.1, -0.05) is 23.7 Å². The summed E-state index contributed by atoms with van der Waals surface area (Å²) < 4.78 is 5.70. The van der Waals surface area contributed by atoms with E-state index in [4.69, 9.17) is 16.3 Å². The number of aliphatic hydroxyl groups excluding tert-OH is 1. The second-order valence-corrected chi connectivity index (χ2v) is 5.83. The Balaban J connectivity index is 1.92. The van der Waals surface area contributed by atoms with E-state index in [-0.39, 0.29) is 6.10 Å². The number of rotatable bonds is 4. The monoisotopic (exact) mass is 283 g/mol. The van der Waals surface area contributed by atoms with Crippen molar-refractivity contribution in [2.75, 3.05) is 19.7 Å². The molecule has 2 rings (SSSR count). The van der Waals surface area contributed by atoms with Crippen LogP contribution in [0.2, 0.25) is 5.02 Å². The highest BCUT2D eigenvalue weighted by Crippen LogP contribution is 2.16. The number of ether oxygens (including phenoxy) is 1. The maximum absolute atomic E-state index is 10.3. The highest BCUT2D eigenvalue weighted by Gasteiger charge is 2.27. The highest BCUT2D eigenvalue weighted by molar-refractivity contribution is 6.30. The van der Waals surface area contributed by atoms with E-state index < -0.39 is 6.10 Å². The molecule has 4 heteroatoms. The van der Waals surface area contributed by atoms with Gasteiger partial charge in [0, 0.05) is 30.6 Å². The second kappa shape index (κ2) is 6.71. The molecule has 19 heavy (non-hydrogen) atoms. The van der Waals surface area contributed by atoms with E-state index in [1.807, 2.05) is 24.3 Å². The normalized spacial score (nSPS) is 22.7. The lowest BCUT2D eigenvalue weighted by atomic mass is 10.0. The molecule has 1 N–H and O–H groups in total. The first-order valence-electron chi connectivity index (χ1n) is 6.84. The van der Waals surface area contributed by atoms with Crippen LogP contribution in [0.5, 0.6) is 0 Å². The van der Waals surface area contributed by atoms with Gasteiger partial charge >= 0.3 is 0 Å². The number of nitrogens with zero attached hydrogens (tertiary/aromatic N) is 1. The van der Waals surface area contributed by atoms with Crippen molar-refractivity contribution in [1.29, 1.82) is 0 Å². The summed E-state index contributed by atoms with van der Waals surface area (Å²) in [5.74, 6) is 0. The standard InChI is InChI=1S/C15H22ClNO2/c1-11(2)17-7-8-19-15(10-17)14(18)9-12-3-5-13(16)6-4-12/h3-6,11,14-15,18H,7-10H2,1-2H3. The Morgan fingerprint density at radius 1 is 1.37 bits per heavy atom. The fraction of sp³-hybridized carbons (Fsp3) is 0.600. The van der Waals surface area contributed by atoms with Crippen LogP contribution < -0.4 is 0 Å². The first kappa shape index (κ1) is 14.8. The Morgan fingerprint density at radius 2 is 2.05 bits per heavy atom. The Labute approximate surface area is 120 Å². The first-order valence-corrected chi connectivity index (χ1v) is 7.22. The molecule has 2 unspecified atom stereocenters. The Bertz CT molecular complexity index is 394. The molecular formula is C15H22ClNO2. The quantitative estimate of drug-likeness (QED) is 0.921. The van der Waals surface area contributed by atoms with Gasteiger partial charge in [0.15, 0.2) is 0 Å². The van der Waals surface area contributed by atoms with Gasteiger partial charge in [-0.25, -0.2) is 0 Å². The van der Waals surface area contributed by atoms with Crippen molar-refractivity contribution in [3.8, 4) is 0 Å². The molecule has 1 heterocycles. The van der Waals surface area contributed by atoms with Gasteiger partial charge in [0.25, 0.3) is 0 Å². The van der Waals surface area contributed by atoms with Crippen molar-refractivity contribution in [1.82, 2.24) is 4.90 Å². The Hall–Kier alpha value is -0.610. The van der Waals surface area contributed by atoms with Crippen molar-refractivity contribution >= 4 is 11.6 Å². The van der Waals surface area contributed by atoms with Gasteiger partial charge in [0.2, 0.25) is 0 Å². The molecule has 0 aromatic heterocycles. The van der Waals surface area contributed by atoms with Gasteiger partial charge < -0.3 is 9.84 Å². The maximum Gasteiger partial charge on any atom is 0.0964 e. The lowest BCUT2D eigenvalue weighted by Gasteiger charge is -2.37. The zero-order valence-electron chi connectivity index (χ0n) is 11.6. The van der Waals surface area contributed by atoms with Crippen molar-refractivity contribution in [2.45, 2.75) is 38.5 Å². The molecule has 0 bridgehead atoms. The van der Waals surface area contributed by atoms with Crippen LogP contribution in [-0.2, 0) is 11.2 Å². The van der Waals surface area contributed by atoms with E-state index in [2.05, 4.69) is 18.7 Å². The summed E-state index contributed by atoms with van der Waals surface area (Å²) in [5, 5.41) is 11.0. The minimum atomic E-state index is -0.470. The van der Waals surface area contributed by atoms with Gasteiger partial charge in [-0.05, 0) is 31.5 Å². The highest BCUT2D eigenvalue weighted by atomic mass is 35.5. The van der Waals surface area contributed by atoms with E-state index in [0.29, 0.717) is 19.1 Å². The minimum absolute atomic E-state index is 0.105. The molecule has 1 aliphatic heterocycles. The SMILES string of the molecule is CC(C)N1CCOC(C(O)Cc2ccc(Cl)cc2)C1. The van der Waals surface area contributed by atoms with Crippen molar-refractivity contribution in [3.63, 3.8) is 0 Å². The summed E-state index contributed by atoms with van der Waals surface area (Å²) in [7, 11) is 0. The molecule has 1 fully saturated rings. The lowest BCUT2D eigenvalue weighted by molar-refractivity contribution is -0.0940. The molecule has 3 nitrogen and oxygen atoms in total. The number of halogens is 1. The van der Waals surface area contributed by atoms with Crippen LogP contribution in [0.1, 0.15) is 19.4 Å². The molecule has 1 aromatic carbocycles. The third-order valence-corrected chi connectivity index (χ3v) is 3.89. The van der Waals surface area contributed by atoms with Gasteiger partial charge in [0.05, 0.1) is 18.8 Å². The number of hydrogen-bond donors (Lipinski definition) is 1. The topological polar surface area (TPSA) is 32.7 Å². The zero-order valence-corrected chi connectivity index (χ0v) is 12.3. The number of morpholine rings is 1. The van der Waals surface area contributed by atoms with Crippen LogP contribution >= 0.6 is 11.6 Å². The van der Waals surface area contributed by atoms with Crippen LogP contribution in [0.4, 0.5) is 0 Å². The van der Waals surface area contributed by atoms with E-state index in [9.17, 15) is 5.11 Å². The summed E-state index contributed by atoms with van der Waals surface area (Å²) in [6, 6.07) is 8.11. The smallest absolute Gasteiger partial charge is 0.0964 e. The molecule has 1 aromatic rings. The predicted octanol–water partition coefficient (Wildman–Crippen LogP) is 2.35. The Morgan fingerprint density at radius 3 is 2.68 bits per heavy atom. The summed E-state index contributed by atoms with van der Waals surface area (Å²) in [6.07, 6.45) is 0.0304. The Kier molecular flexibility index (Phi) is 5.22. The first-order chi connectivity index (χ1) is 9.06. The van der Waals surface area contributed by atoms with Gasteiger partial charge in [-0.2, -0.15) is 0 Å². The van der Waals surface area contributed by atoms with Crippen molar-refractivity contribution < 1.29 is 9.84 Å². The van der Waals surface area contributed by atoms with E-state index >= 15 is 0 Å². The van der Waals surface area contributed by atoms with E-state index in [1.54, 1.807) is 0 Å². The second-order valence-electron chi connectivity index (χ2n) is 5.40. The van der Waals surface area contributed by atoms with Gasteiger partial charge in [-0.3, -0.25) is 4.90 Å². The summed E-state index contributed by atoms with van der Waals surface area (Å²) in [6.45, 7) is 6.79. The maximum atomic E-state index is 10.3. The average molecular weight is 284 g/mol. The number of benzene rings is 1. The summed E-state index contributed by atoms with van der Waals surface area (Å²) in [5.41, 5.74) is 1.09. The van der Waals surface area contributed by atoms with E-state index in [1.165, 1.54) is 0 Å². The lowest BCUT2D eigenvalue weighted by Crippen LogP contribution is -2.50. The van der Waals surface area contributed by atoms with Crippen LogP contribution in [0.3, 0.4) is 0 Å². The predicted molar refractivity (Wildman–Crippen MR) is 77.6 cm³/mol. The summed E-state index contributed by atoms with van der Waals surface area (Å²) >= 11 is 5.86. The molecule has 1 aliphatic rings. The molecule has 0 spiro atoms. The molecule has 0 aliphatic carbocycles. The molecule has 1 saturated heterocycles. The van der Waals surface area contributed by atoms with Crippen LogP contribution in [0, 0.1) is 0 Å². The molecule has 2 atom stereocenters. The fourth-order valence-corrected chi connectivity index (χ4v) is 2.52. The third-order valence-electron chi connectivity index (χ3n) is 3.64. The molecule has 0 amide bonds. The largest absolute Gasteiger partial charge is 0.390 e. The molecule has 0 saturated carbocycles. The van der Waals surface area contributed by atoms with Gasteiger partial charge in [0.1, 0.15) is 0 Å². The van der Waals surface area contributed by atoms with Crippen molar-refractivity contribution in [2.24, 2.45) is 0 Å². The number of aliphatic hydroxyl groups is 1.